The van der Waals surface area contributed by atoms with Crippen molar-refractivity contribution in [3.63, 3.8) is 0 Å². The van der Waals surface area contributed by atoms with Gasteiger partial charge in [-0.2, -0.15) is 0 Å². The monoisotopic (exact) mass is 314 g/mol. The molecule has 2 aromatic carbocycles. The van der Waals surface area contributed by atoms with Gasteiger partial charge in [-0.1, -0.05) is 35.4 Å². The molecule has 3 rings (SSSR count). The van der Waals surface area contributed by atoms with Crippen molar-refractivity contribution in [2.75, 3.05) is 5.32 Å². The Morgan fingerprint density at radius 1 is 1.05 bits per heavy atom. The summed E-state index contributed by atoms with van der Waals surface area (Å²) in [4.78, 5) is 4.63. The minimum absolute atomic E-state index is 0.784. The molecule has 3 aromatic rings. The topological polar surface area (TPSA) is 24.9 Å². The average Bonchev–Trinajstić information content (AvgIpc) is 2.93. The molecule has 0 bridgehead atoms. The number of benzene rings is 2. The van der Waals surface area contributed by atoms with Crippen LogP contribution in [0.3, 0.4) is 0 Å². The molecule has 4 heteroatoms. The molecule has 1 heterocycles. The third-order valence-electron chi connectivity index (χ3n) is 3.26. The second-order valence-corrected chi connectivity index (χ2v) is 6.26. The summed E-state index contributed by atoms with van der Waals surface area (Å²) in [7, 11) is 0. The number of nitrogens with one attached hydrogen (secondary N) is 1. The summed E-state index contributed by atoms with van der Waals surface area (Å²) in [6.45, 7) is 4.08. The highest BCUT2D eigenvalue weighted by Crippen LogP contribution is 2.29. The average molecular weight is 315 g/mol. The van der Waals surface area contributed by atoms with E-state index in [9.17, 15) is 0 Å². The molecule has 0 fully saturated rings. The highest BCUT2D eigenvalue weighted by Gasteiger charge is 2.06. The van der Waals surface area contributed by atoms with Crippen LogP contribution in [0.15, 0.2) is 47.8 Å². The molecule has 2 nitrogen and oxygen atoms in total. The van der Waals surface area contributed by atoms with Crippen LogP contribution >= 0.6 is 22.9 Å². The Labute approximate surface area is 133 Å². The van der Waals surface area contributed by atoms with Gasteiger partial charge in [0.05, 0.1) is 5.69 Å². The molecule has 0 atom stereocenters. The Balaban J connectivity index is 1.82. The first-order valence-corrected chi connectivity index (χ1v) is 7.93. The second-order valence-electron chi connectivity index (χ2n) is 4.99. The summed E-state index contributed by atoms with van der Waals surface area (Å²) >= 11 is 7.66. The van der Waals surface area contributed by atoms with Crippen molar-refractivity contribution in [2.45, 2.75) is 13.8 Å². The molecular formula is C17H15ClN2S. The number of halogens is 1. The first kappa shape index (κ1) is 14.1. The van der Waals surface area contributed by atoms with E-state index in [2.05, 4.69) is 52.9 Å². The predicted molar refractivity (Wildman–Crippen MR) is 91.8 cm³/mol. The van der Waals surface area contributed by atoms with Gasteiger partial charge in [-0.05, 0) is 43.7 Å². The maximum Gasteiger partial charge on any atom is 0.187 e. The van der Waals surface area contributed by atoms with Crippen LogP contribution < -0.4 is 5.32 Å². The molecule has 0 saturated heterocycles. The SMILES string of the molecule is Cc1ccc(Nc2nc(-c3ccc(Cl)c(C)c3)cs2)cc1. The number of thiazole rings is 1. The van der Waals surface area contributed by atoms with Gasteiger partial charge in [-0.3, -0.25) is 0 Å². The lowest BCUT2D eigenvalue weighted by molar-refractivity contribution is 1.36. The summed E-state index contributed by atoms with van der Waals surface area (Å²) in [5.41, 5.74) is 5.42. The van der Waals surface area contributed by atoms with Crippen molar-refractivity contribution in [1.29, 1.82) is 0 Å². The number of hydrogen-bond acceptors (Lipinski definition) is 3. The Hall–Kier alpha value is -1.84. The van der Waals surface area contributed by atoms with Gasteiger partial charge < -0.3 is 5.32 Å². The quantitative estimate of drug-likeness (QED) is 0.658. The van der Waals surface area contributed by atoms with E-state index in [1.54, 1.807) is 11.3 Å². The van der Waals surface area contributed by atoms with E-state index < -0.39 is 0 Å². The first-order valence-electron chi connectivity index (χ1n) is 6.67. The van der Waals surface area contributed by atoms with Crippen LogP contribution in [0.2, 0.25) is 5.02 Å². The van der Waals surface area contributed by atoms with Gasteiger partial charge in [0.25, 0.3) is 0 Å². The third-order valence-corrected chi connectivity index (χ3v) is 4.44. The minimum atomic E-state index is 0.784. The van der Waals surface area contributed by atoms with Gasteiger partial charge in [-0.15, -0.1) is 11.3 Å². The zero-order chi connectivity index (χ0) is 14.8. The molecule has 0 unspecified atom stereocenters. The lowest BCUT2D eigenvalue weighted by Crippen LogP contribution is -1.89. The number of anilines is 2. The maximum absolute atomic E-state index is 6.06. The smallest absolute Gasteiger partial charge is 0.187 e. The van der Waals surface area contributed by atoms with E-state index in [1.165, 1.54) is 5.56 Å². The molecule has 0 aliphatic carbocycles. The summed E-state index contributed by atoms with van der Waals surface area (Å²) in [5.74, 6) is 0. The predicted octanol–water partition coefficient (Wildman–Crippen LogP) is 5.82. The normalized spacial score (nSPS) is 10.6. The fourth-order valence-corrected chi connectivity index (χ4v) is 2.89. The number of aryl methyl sites for hydroxylation is 2. The van der Waals surface area contributed by atoms with Crippen LogP contribution in [0.5, 0.6) is 0 Å². The van der Waals surface area contributed by atoms with Crippen molar-refractivity contribution in [2.24, 2.45) is 0 Å². The largest absolute Gasteiger partial charge is 0.332 e. The van der Waals surface area contributed by atoms with E-state index in [-0.39, 0.29) is 0 Å². The molecule has 1 aromatic heterocycles. The fourth-order valence-electron chi connectivity index (χ4n) is 2.03. The third kappa shape index (κ3) is 3.26. The fraction of sp³-hybridized carbons (Fsp3) is 0.118. The van der Waals surface area contributed by atoms with Gasteiger partial charge in [0, 0.05) is 21.7 Å². The van der Waals surface area contributed by atoms with E-state index in [0.717, 1.165) is 32.7 Å². The number of aromatic nitrogens is 1. The standard InChI is InChI=1S/C17H15ClN2S/c1-11-3-6-14(7-4-11)19-17-20-16(10-21-17)13-5-8-15(18)12(2)9-13/h3-10H,1-2H3,(H,19,20). The summed E-state index contributed by atoms with van der Waals surface area (Å²) in [5, 5.41) is 7.06. The van der Waals surface area contributed by atoms with E-state index >= 15 is 0 Å². The molecule has 0 amide bonds. The molecule has 1 N–H and O–H groups in total. The molecule has 0 radical (unpaired) electrons. The van der Waals surface area contributed by atoms with Crippen LogP contribution in [0.4, 0.5) is 10.8 Å². The van der Waals surface area contributed by atoms with Crippen molar-refractivity contribution in [3.05, 3.63) is 64.0 Å². The van der Waals surface area contributed by atoms with Crippen LogP contribution in [0.1, 0.15) is 11.1 Å². The van der Waals surface area contributed by atoms with Crippen molar-refractivity contribution < 1.29 is 0 Å². The second kappa shape index (κ2) is 5.88. The molecule has 21 heavy (non-hydrogen) atoms. The number of rotatable bonds is 3. The van der Waals surface area contributed by atoms with Gasteiger partial charge in [0.15, 0.2) is 5.13 Å². The molecule has 0 saturated carbocycles. The van der Waals surface area contributed by atoms with Gasteiger partial charge in [0.1, 0.15) is 0 Å². The lowest BCUT2D eigenvalue weighted by atomic mass is 10.1. The molecular weight excluding hydrogens is 300 g/mol. The zero-order valence-electron chi connectivity index (χ0n) is 11.9. The van der Waals surface area contributed by atoms with Gasteiger partial charge >= 0.3 is 0 Å². The summed E-state index contributed by atoms with van der Waals surface area (Å²) < 4.78 is 0. The molecule has 0 aliphatic heterocycles. The Bertz CT molecular complexity index is 763. The number of nitrogens with zero attached hydrogens (tertiary/aromatic N) is 1. The summed E-state index contributed by atoms with van der Waals surface area (Å²) in [6, 6.07) is 14.3. The summed E-state index contributed by atoms with van der Waals surface area (Å²) in [6.07, 6.45) is 0. The Morgan fingerprint density at radius 3 is 2.52 bits per heavy atom. The van der Waals surface area contributed by atoms with Crippen LogP contribution in [0.25, 0.3) is 11.3 Å². The van der Waals surface area contributed by atoms with Crippen LogP contribution in [-0.2, 0) is 0 Å². The van der Waals surface area contributed by atoms with Gasteiger partial charge in [-0.25, -0.2) is 4.98 Å². The van der Waals surface area contributed by atoms with Crippen LogP contribution in [-0.4, -0.2) is 4.98 Å². The molecule has 0 spiro atoms. The minimum Gasteiger partial charge on any atom is -0.332 e. The Morgan fingerprint density at radius 2 is 1.81 bits per heavy atom. The van der Waals surface area contributed by atoms with Crippen LogP contribution in [0, 0.1) is 13.8 Å². The Kier molecular flexibility index (Phi) is 3.95. The zero-order valence-corrected chi connectivity index (χ0v) is 13.4. The highest BCUT2D eigenvalue weighted by molar-refractivity contribution is 7.14. The molecule has 106 valence electrons. The highest BCUT2D eigenvalue weighted by atomic mass is 35.5. The lowest BCUT2D eigenvalue weighted by Gasteiger charge is -2.03. The molecule has 0 aliphatic rings. The van der Waals surface area contributed by atoms with E-state index in [4.69, 9.17) is 11.6 Å². The number of hydrogen-bond donors (Lipinski definition) is 1. The van der Waals surface area contributed by atoms with Crippen molar-refractivity contribution in [3.8, 4) is 11.3 Å². The van der Waals surface area contributed by atoms with Crippen molar-refractivity contribution in [1.82, 2.24) is 4.98 Å². The van der Waals surface area contributed by atoms with Gasteiger partial charge in [0.2, 0.25) is 0 Å². The van der Waals surface area contributed by atoms with E-state index in [0.29, 0.717) is 0 Å². The van der Waals surface area contributed by atoms with E-state index in [1.807, 2.05) is 19.1 Å². The van der Waals surface area contributed by atoms with Crippen molar-refractivity contribution >= 4 is 33.8 Å². The maximum atomic E-state index is 6.06. The first-order chi connectivity index (χ1) is 10.1.